The van der Waals surface area contributed by atoms with E-state index in [1.807, 2.05) is 0 Å². The lowest BCUT2D eigenvalue weighted by molar-refractivity contribution is 0.179. The summed E-state index contributed by atoms with van der Waals surface area (Å²) < 4.78 is 13.3. The first-order valence-electron chi connectivity index (χ1n) is 5.14. The molecule has 4 heteroatoms. The maximum absolute atomic E-state index is 13.3. The highest BCUT2D eigenvalue weighted by Gasteiger charge is 2.31. The molecule has 0 bridgehead atoms. The van der Waals surface area contributed by atoms with Crippen molar-refractivity contribution in [1.82, 2.24) is 4.98 Å². The molecule has 0 spiro atoms. The Kier molecular flexibility index (Phi) is 2.83. The smallest absolute Gasteiger partial charge is 0.166 e. The Balaban J connectivity index is 1.98. The van der Waals surface area contributed by atoms with E-state index in [4.69, 9.17) is 11.6 Å². The zero-order valence-corrected chi connectivity index (χ0v) is 9.44. The summed E-state index contributed by atoms with van der Waals surface area (Å²) in [6, 6.07) is 1.28. The van der Waals surface area contributed by atoms with Gasteiger partial charge in [-0.1, -0.05) is 24.9 Å². The van der Waals surface area contributed by atoms with Crippen molar-refractivity contribution in [3.8, 4) is 0 Å². The number of nitrogens with zero attached hydrogens (tertiary/aromatic N) is 1. The number of halogens is 2. The first kappa shape index (κ1) is 10.7. The van der Waals surface area contributed by atoms with E-state index in [2.05, 4.69) is 17.2 Å². The fraction of sp³-hybridized carbons (Fsp3) is 0.545. The van der Waals surface area contributed by atoms with Crippen LogP contribution in [-0.4, -0.2) is 11.5 Å². The van der Waals surface area contributed by atoms with Crippen LogP contribution in [0.25, 0.3) is 0 Å². The molecule has 2 nitrogen and oxygen atoms in total. The molecule has 15 heavy (non-hydrogen) atoms. The normalized spacial score (nSPS) is 18.3. The number of rotatable bonds is 3. The van der Waals surface area contributed by atoms with Crippen LogP contribution < -0.4 is 5.32 Å². The maximum atomic E-state index is 13.3. The fourth-order valence-electron chi connectivity index (χ4n) is 1.80. The van der Waals surface area contributed by atoms with E-state index in [9.17, 15) is 4.39 Å². The van der Waals surface area contributed by atoms with Gasteiger partial charge in [0, 0.05) is 12.7 Å². The van der Waals surface area contributed by atoms with Gasteiger partial charge in [-0.3, -0.25) is 0 Å². The number of hydrogen-bond acceptors (Lipinski definition) is 2. The molecule has 0 aromatic carbocycles. The average molecular weight is 229 g/mol. The molecule has 1 heterocycles. The largest absolute Gasteiger partial charge is 0.367 e. The highest BCUT2D eigenvalue weighted by molar-refractivity contribution is 6.30. The van der Waals surface area contributed by atoms with Crippen LogP contribution in [0.1, 0.15) is 26.2 Å². The van der Waals surface area contributed by atoms with E-state index in [-0.39, 0.29) is 5.82 Å². The van der Waals surface area contributed by atoms with Crippen molar-refractivity contribution in [2.75, 3.05) is 11.9 Å². The highest BCUT2D eigenvalue weighted by Crippen LogP contribution is 2.40. The van der Waals surface area contributed by atoms with Crippen LogP contribution in [0.15, 0.2) is 12.3 Å². The van der Waals surface area contributed by atoms with E-state index in [1.54, 1.807) is 0 Å². The molecule has 0 saturated heterocycles. The molecule has 82 valence electrons. The first-order chi connectivity index (χ1) is 7.09. The standard InChI is InChI=1S/C11H14ClFN2/c1-11(3-2-4-11)7-15-10-9(13)5-8(12)6-14-10/h5-6H,2-4,7H2,1H3,(H,14,15). The summed E-state index contributed by atoms with van der Waals surface area (Å²) in [6.45, 7) is 2.98. The Morgan fingerprint density at radius 2 is 2.33 bits per heavy atom. The van der Waals surface area contributed by atoms with Crippen LogP contribution in [0.3, 0.4) is 0 Å². The van der Waals surface area contributed by atoms with E-state index in [0.717, 1.165) is 6.54 Å². The zero-order chi connectivity index (χ0) is 10.9. The van der Waals surface area contributed by atoms with Gasteiger partial charge in [-0.05, 0) is 24.3 Å². The van der Waals surface area contributed by atoms with Gasteiger partial charge in [-0.15, -0.1) is 0 Å². The minimum atomic E-state index is -0.384. The summed E-state index contributed by atoms with van der Waals surface area (Å²) in [5, 5.41) is 3.36. The lowest BCUT2D eigenvalue weighted by atomic mass is 9.70. The van der Waals surface area contributed by atoms with E-state index in [1.165, 1.54) is 31.5 Å². The molecule has 2 rings (SSSR count). The van der Waals surface area contributed by atoms with Gasteiger partial charge in [0.1, 0.15) is 0 Å². The van der Waals surface area contributed by atoms with Crippen molar-refractivity contribution in [3.05, 3.63) is 23.1 Å². The summed E-state index contributed by atoms with van der Waals surface area (Å²) in [5.41, 5.74) is 0.313. The van der Waals surface area contributed by atoms with Gasteiger partial charge in [0.15, 0.2) is 11.6 Å². The second-order valence-electron chi connectivity index (χ2n) is 4.50. The zero-order valence-electron chi connectivity index (χ0n) is 8.69. The molecule has 1 aromatic heterocycles. The molecule has 1 fully saturated rings. The van der Waals surface area contributed by atoms with Crippen molar-refractivity contribution in [2.24, 2.45) is 5.41 Å². The SMILES string of the molecule is CC1(CNc2ncc(Cl)cc2F)CCC1. The predicted octanol–water partition coefficient (Wildman–Crippen LogP) is 3.48. The Hall–Kier alpha value is -0.830. The molecule has 0 unspecified atom stereocenters. The van der Waals surface area contributed by atoms with Gasteiger partial charge < -0.3 is 5.32 Å². The Labute approximate surface area is 93.9 Å². The quantitative estimate of drug-likeness (QED) is 0.857. The van der Waals surface area contributed by atoms with Crippen LogP contribution in [0.2, 0.25) is 5.02 Å². The average Bonchev–Trinajstić information content (AvgIpc) is 2.14. The summed E-state index contributed by atoms with van der Waals surface area (Å²) in [7, 11) is 0. The first-order valence-corrected chi connectivity index (χ1v) is 5.52. The number of pyridine rings is 1. The summed E-state index contributed by atoms with van der Waals surface area (Å²) >= 11 is 5.62. The predicted molar refractivity (Wildman–Crippen MR) is 59.7 cm³/mol. The van der Waals surface area contributed by atoms with Crippen LogP contribution in [0, 0.1) is 11.2 Å². The maximum Gasteiger partial charge on any atom is 0.166 e. The third kappa shape index (κ3) is 2.40. The summed E-state index contributed by atoms with van der Waals surface area (Å²) in [5.74, 6) is -0.0852. The van der Waals surface area contributed by atoms with Gasteiger partial charge in [-0.25, -0.2) is 9.37 Å². The highest BCUT2D eigenvalue weighted by atomic mass is 35.5. The lowest BCUT2D eigenvalue weighted by Crippen LogP contribution is -2.33. The molecule has 1 aromatic rings. The van der Waals surface area contributed by atoms with Crippen molar-refractivity contribution >= 4 is 17.4 Å². The topological polar surface area (TPSA) is 24.9 Å². The van der Waals surface area contributed by atoms with Gasteiger partial charge in [0.2, 0.25) is 0 Å². The van der Waals surface area contributed by atoms with E-state index in [0.29, 0.717) is 16.3 Å². The molecule has 1 saturated carbocycles. The Morgan fingerprint density at radius 3 is 2.87 bits per heavy atom. The second-order valence-corrected chi connectivity index (χ2v) is 4.94. The van der Waals surface area contributed by atoms with Gasteiger partial charge >= 0.3 is 0 Å². The van der Waals surface area contributed by atoms with Gasteiger partial charge in [0.05, 0.1) is 5.02 Å². The molecular formula is C11H14ClFN2. The summed E-state index contributed by atoms with van der Waals surface area (Å²) in [4.78, 5) is 3.92. The minimum absolute atomic E-state index is 0.299. The number of anilines is 1. The Bertz CT molecular complexity index is 364. The second kappa shape index (κ2) is 3.97. The van der Waals surface area contributed by atoms with Crippen molar-refractivity contribution < 1.29 is 4.39 Å². The molecular weight excluding hydrogens is 215 g/mol. The number of aromatic nitrogens is 1. The number of nitrogens with one attached hydrogen (secondary N) is 1. The molecule has 1 aliphatic carbocycles. The molecule has 0 radical (unpaired) electrons. The van der Waals surface area contributed by atoms with Crippen LogP contribution >= 0.6 is 11.6 Å². The van der Waals surface area contributed by atoms with Crippen LogP contribution in [0.4, 0.5) is 10.2 Å². The third-order valence-corrected chi connectivity index (χ3v) is 3.26. The monoisotopic (exact) mass is 228 g/mol. The van der Waals surface area contributed by atoms with E-state index >= 15 is 0 Å². The van der Waals surface area contributed by atoms with Crippen LogP contribution in [0.5, 0.6) is 0 Å². The Morgan fingerprint density at radius 1 is 1.60 bits per heavy atom. The molecule has 0 atom stereocenters. The molecule has 1 aliphatic rings. The van der Waals surface area contributed by atoms with E-state index < -0.39 is 0 Å². The lowest BCUT2D eigenvalue weighted by Gasteiger charge is -2.38. The van der Waals surface area contributed by atoms with Crippen molar-refractivity contribution in [2.45, 2.75) is 26.2 Å². The minimum Gasteiger partial charge on any atom is -0.367 e. The third-order valence-electron chi connectivity index (χ3n) is 3.05. The van der Waals surface area contributed by atoms with Gasteiger partial charge in [0.25, 0.3) is 0 Å². The molecule has 0 aliphatic heterocycles. The molecule has 1 N–H and O–H groups in total. The number of hydrogen-bond donors (Lipinski definition) is 1. The van der Waals surface area contributed by atoms with Crippen molar-refractivity contribution in [1.29, 1.82) is 0 Å². The van der Waals surface area contributed by atoms with Crippen LogP contribution in [-0.2, 0) is 0 Å². The fourth-order valence-corrected chi connectivity index (χ4v) is 1.94. The van der Waals surface area contributed by atoms with Crippen molar-refractivity contribution in [3.63, 3.8) is 0 Å². The molecule has 0 amide bonds. The summed E-state index contributed by atoms with van der Waals surface area (Å²) in [6.07, 6.45) is 5.13. The van der Waals surface area contributed by atoms with Gasteiger partial charge in [-0.2, -0.15) is 0 Å².